The molecule has 0 spiro atoms. The van der Waals surface area contributed by atoms with Crippen molar-refractivity contribution in [3.8, 4) is 0 Å². The molecular formula is C27H54N2. The average Bonchev–Trinajstić information content (AvgIpc) is 2.60. The first-order chi connectivity index (χ1) is 13.2. The van der Waals surface area contributed by atoms with Crippen LogP contribution >= 0.6 is 0 Å². The van der Waals surface area contributed by atoms with Crippen molar-refractivity contribution in [2.75, 3.05) is 33.2 Å². The standard InChI is InChI=1S/C27H54N2/c1-11-24(2,3)20-25(4,5)23-14-18-29(19-15-23)27(8,9)21-26(6,7)22-12-16-28(10)17-13-22/h22-23H,11-21H2,1-10H3. The molecule has 0 aliphatic carbocycles. The topological polar surface area (TPSA) is 6.48 Å². The van der Waals surface area contributed by atoms with Crippen LogP contribution < -0.4 is 0 Å². The van der Waals surface area contributed by atoms with E-state index in [9.17, 15) is 0 Å². The maximum absolute atomic E-state index is 2.83. The summed E-state index contributed by atoms with van der Waals surface area (Å²) in [6, 6.07) is 0. The summed E-state index contributed by atoms with van der Waals surface area (Å²) in [4.78, 5) is 5.34. The zero-order valence-corrected chi connectivity index (χ0v) is 21.8. The van der Waals surface area contributed by atoms with E-state index in [-0.39, 0.29) is 0 Å². The van der Waals surface area contributed by atoms with Crippen LogP contribution in [-0.2, 0) is 0 Å². The van der Waals surface area contributed by atoms with Gasteiger partial charge in [0.15, 0.2) is 0 Å². The molecular weight excluding hydrogens is 352 g/mol. The van der Waals surface area contributed by atoms with Crippen LogP contribution in [0.1, 0.15) is 107 Å². The van der Waals surface area contributed by atoms with Crippen LogP contribution in [0, 0.1) is 28.1 Å². The Hall–Kier alpha value is -0.0800. The lowest BCUT2D eigenvalue weighted by molar-refractivity contribution is -0.0109. The molecule has 2 aliphatic heterocycles. The number of piperidine rings is 2. The van der Waals surface area contributed by atoms with Gasteiger partial charge in [-0.2, -0.15) is 0 Å². The molecule has 0 unspecified atom stereocenters. The normalized spacial score (nSPS) is 23.0. The maximum atomic E-state index is 2.83. The Kier molecular flexibility index (Phi) is 7.98. The molecule has 0 bridgehead atoms. The summed E-state index contributed by atoms with van der Waals surface area (Å²) in [5.74, 6) is 1.76. The first kappa shape index (κ1) is 25.2. The van der Waals surface area contributed by atoms with Crippen molar-refractivity contribution in [3.63, 3.8) is 0 Å². The molecule has 0 aromatic carbocycles. The van der Waals surface area contributed by atoms with E-state index in [0.717, 1.165) is 11.8 Å². The van der Waals surface area contributed by atoms with E-state index < -0.39 is 0 Å². The van der Waals surface area contributed by atoms with E-state index in [1.807, 2.05) is 0 Å². The lowest BCUT2D eigenvalue weighted by Crippen LogP contribution is -2.52. The molecule has 0 N–H and O–H groups in total. The minimum absolute atomic E-state index is 0.310. The quantitative estimate of drug-likeness (QED) is 0.424. The van der Waals surface area contributed by atoms with E-state index in [4.69, 9.17) is 0 Å². The number of nitrogens with zero attached hydrogens (tertiary/aromatic N) is 2. The second-order valence-corrected chi connectivity index (χ2v) is 13.5. The zero-order chi connectivity index (χ0) is 22.1. The summed E-state index contributed by atoms with van der Waals surface area (Å²) in [7, 11) is 2.28. The summed E-state index contributed by atoms with van der Waals surface area (Å²) in [5, 5.41) is 0. The first-order valence-electron chi connectivity index (χ1n) is 12.6. The Morgan fingerprint density at radius 1 is 0.655 bits per heavy atom. The van der Waals surface area contributed by atoms with Gasteiger partial charge >= 0.3 is 0 Å². The predicted octanol–water partition coefficient (Wildman–Crippen LogP) is 7.09. The van der Waals surface area contributed by atoms with Gasteiger partial charge in [-0.1, -0.05) is 54.9 Å². The Morgan fingerprint density at radius 3 is 1.52 bits per heavy atom. The molecule has 2 aliphatic rings. The fourth-order valence-corrected chi connectivity index (χ4v) is 6.93. The van der Waals surface area contributed by atoms with Crippen molar-refractivity contribution in [1.29, 1.82) is 0 Å². The molecule has 2 heterocycles. The highest BCUT2D eigenvalue weighted by Crippen LogP contribution is 2.47. The smallest absolute Gasteiger partial charge is 0.0158 e. The molecule has 2 saturated heterocycles. The van der Waals surface area contributed by atoms with E-state index in [1.54, 1.807) is 0 Å². The van der Waals surface area contributed by atoms with E-state index in [0.29, 0.717) is 21.8 Å². The van der Waals surface area contributed by atoms with Crippen molar-refractivity contribution < 1.29 is 0 Å². The molecule has 0 amide bonds. The van der Waals surface area contributed by atoms with Crippen LogP contribution in [0.5, 0.6) is 0 Å². The van der Waals surface area contributed by atoms with Gasteiger partial charge in [0.2, 0.25) is 0 Å². The Morgan fingerprint density at radius 2 is 1.07 bits per heavy atom. The van der Waals surface area contributed by atoms with Gasteiger partial charge in [-0.15, -0.1) is 0 Å². The monoisotopic (exact) mass is 406 g/mol. The Bertz CT molecular complexity index is 501. The summed E-state index contributed by atoms with van der Waals surface area (Å²) in [5.41, 5.74) is 1.68. The van der Waals surface area contributed by atoms with Crippen molar-refractivity contribution >= 4 is 0 Å². The number of rotatable bonds is 8. The van der Waals surface area contributed by atoms with E-state index in [2.05, 4.69) is 79.2 Å². The Balaban J connectivity index is 1.93. The van der Waals surface area contributed by atoms with Gasteiger partial charge in [0, 0.05) is 5.54 Å². The molecule has 0 saturated carbocycles. The van der Waals surface area contributed by atoms with Gasteiger partial charge in [0.1, 0.15) is 0 Å². The van der Waals surface area contributed by atoms with Gasteiger partial charge in [-0.25, -0.2) is 0 Å². The zero-order valence-electron chi connectivity index (χ0n) is 21.8. The van der Waals surface area contributed by atoms with Crippen LogP contribution in [0.15, 0.2) is 0 Å². The third-order valence-corrected chi connectivity index (χ3v) is 9.06. The van der Waals surface area contributed by atoms with Gasteiger partial charge in [0.25, 0.3) is 0 Å². The second-order valence-electron chi connectivity index (χ2n) is 13.5. The van der Waals surface area contributed by atoms with Crippen molar-refractivity contribution in [2.45, 2.75) is 113 Å². The van der Waals surface area contributed by atoms with Crippen LogP contribution in [0.25, 0.3) is 0 Å². The first-order valence-corrected chi connectivity index (χ1v) is 12.6. The summed E-state index contributed by atoms with van der Waals surface area (Å²) < 4.78 is 0. The van der Waals surface area contributed by atoms with Crippen LogP contribution in [0.2, 0.25) is 0 Å². The van der Waals surface area contributed by atoms with E-state index >= 15 is 0 Å². The number of hydrogen-bond donors (Lipinski definition) is 0. The summed E-state index contributed by atoms with van der Waals surface area (Å²) in [6.07, 6.45) is 9.48. The second kappa shape index (κ2) is 9.19. The van der Waals surface area contributed by atoms with Crippen molar-refractivity contribution in [3.05, 3.63) is 0 Å². The molecule has 29 heavy (non-hydrogen) atoms. The van der Waals surface area contributed by atoms with E-state index in [1.165, 1.54) is 71.1 Å². The summed E-state index contributed by atoms with van der Waals surface area (Å²) >= 11 is 0. The highest BCUT2D eigenvalue weighted by atomic mass is 15.2. The fraction of sp³-hybridized carbons (Fsp3) is 1.00. The molecule has 2 rings (SSSR count). The van der Waals surface area contributed by atoms with Gasteiger partial charge in [-0.3, -0.25) is 4.90 Å². The largest absolute Gasteiger partial charge is 0.306 e. The van der Waals surface area contributed by atoms with Crippen LogP contribution in [-0.4, -0.2) is 48.6 Å². The van der Waals surface area contributed by atoms with Crippen molar-refractivity contribution in [1.82, 2.24) is 9.80 Å². The SMILES string of the molecule is CCC(C)(C)CC(C)(C)C1CCN(C(C)(C)CC(C)(C)C2CCN(C)CC2)CC1. The highest BCUT2D eigenvalue weighted by molar-refractivity contribution is 4.95. The molecule has 2 fully saturated rings. The van der Waals surface area contributed by atoms with Crippen LogP contribution in [0.4, 0.5) is 0 Å². The molecule has 2 nitrogen and oxygen atoms in total. The minimum Gasteiger partial charge on any atom is -0.306 e. The lowest BCUT2D eigenvalue weighted by Gasteiger charge is -2.51. The number of likely N-dealkylation sites (tertiary alicyclic amines) is 2. The van der Waals surface area contributed by atoms with Gasteiger partial charge in [-0.05, 0) is 114 Å². The Labute approximate surface area is 184 Å². The molecule has 0 aromatic heterocycles. The third kappa shape index (κ3) is 6.70. The minimum atomic E-state index is 0.310. The van der Waals surface area contributed by atoms with Gasteiger partial charge in [0.05, 0.1) is 0 Å². The van der Waals surface area contributed by atoms with Crippen molar-refractivity contribution in [2.24, 2.45) is 28.1 Å². The summed E-state index contributed by atoms with van der Waals surface area (Å²) in [6.45, 7) is 27.6. The fourth-order valence-electron chi connectivity index (χ4n) is 6.93. The third-order valence-electron chi connectivity index (χ3n) is 9.06. The van der Waals surface area contributed by atoms with Gasteiger partial charge < -0.3 is 4.90 Å². The highest BCUT2D eigenvalue weighted by Gasteiger charge is 2.42. The van der Waals surface area contributed by atoms with Crippen LogP contribution in [0.3, 0.4) is 0 Å². The average molecular weight is 407 g/mol. The number of hydrogen-bond acceptors (Lipinski definition) is 2. The lowest BCUT2D eigenvalue weighted by atomic mass is 9.64. The predicted molar refractivity (Wildman–Crippen MR) is 129 cm³/mol. The molecule has 0 atom stereocenters. The molecule has 0 aromatic rings. The molecule has 172 valence electrons. The molecule has 0 radical (unpaired) electrons. The maximum Gasteiger partial charge on any atom is 0.0158 e. The molecule has 2 heteroatoms.